The van der Waals surface area contributed by atoms with Crippen LogP contribution in [0.1, 0.15) is 27.9 Å². The summed E-state index contributed by atoms with van der Waals surface area (Å²) in [6.07, 6.45) is 3.49. The van der Waals surface area contributed by atoms with Crippen LogP contribution in [-0.2, 0) is 36.0 Å². The number of hydrogen-bond acceptors (Lipinski definition) is 4. The Morgan fingerprint density at radius 2 is 2.00 bits per heavy atom. The fourth-order valence-corrected chi connectivity index (χ4v) is 4.54. The SMILES string of the molecule is Cc1nn(Cc2ccc3c(c2)C[C@H](CS(=O)(=O)N(C)C)C3)cc1CO. The summed E-state index contributed by atoms with van der Waals surface area (Å²) in [5.74, 6) is 0.341. The Bertz CT molecular complexity index is 872. The summed E-state index contributed by atoms with van der Waals surface area (Å²) in [6.45, 7) is 2.54. The van der Waals surface area contributed by atoms with E-state index in [9.17, 15) is 13.5 Å². The molecule has 0 radical (unpaired) electrons. The normalized spacial score (nSPS) is 17.2. The second-order valence-electron chi connectivity index (χ2n) is 7.03. The molecule has 1 N–H and O–H groups in total. The van der Waals surface area contributed by atoms with Crippen molar-refractivity contribution in [3.63, 3.8) is 0 Å². The number of nitrogens with zero attached hydrogens (tertiary/aromatic N) is 3. The van der Waals surface area contributed by atoms with Gasteiger partial charge in [-0.05, 0) is 42.4 Å². The van der Waals surface area contributed by atoms with Gasteiger partial charge in [0.15, 0.2) is 0 Å². The molecular formula is C18H25N3O3S. The Balaban J connectivity index is 1.71. The zero-order valence-corrected chi connectivity index (χ0v) is 15.8. The lowest BCUT2D eigenvalue weighted by atomic mass is 10.1. The third kappa shape index (κ3) is 3.94. The lowest BCUT2D eigenvalue weighted by Crippen LogP contribution is -2.29. The zero-order valence-electron chi connectivity index (χ0n) is 14.9. The summed E-state index contributed by atoms with van der Waals surface area (Å²) in [7, 11) is 0.00369. The molecule has 7 heteroatoms. The Kier molecular flexibility index (Phi) is 4.99. The number of benzene rings is 1. The van der Waals surface area contributed by atoms with Crippen LogP contribution in [0.2, 0.25) is 0 Å². The van der Waals surface area contributed by atoms with Crippen LogP contribution in [0.25, 0.3) is 0 Å². The molecular weight excluding hydrogens is 338 g/mol. The van der Waals surface area contributed by atoms with Crippen molar-refractivity contribution in [1.29, 1.82) is 0 Å². The van der Waals surface area contributed by atoms with Gasteiger partial charge in [-0.3, -0.25) is 4.68 Å². The molecule has 2 aromatic rings. The lowest BCUT2D eigenvalue weighted by molar-refractivity contribution is 0.281. The molecule has 0 spiro atoms. The second kappa shape index (κ2) is 6.90. The van der Waals surface area contributed by atoms with Gasteiger partial charge in [0.05, 0.1) is 24.6 Å². The zero-order chi connectivity index (χ0) is 18.2. The molecule has 136 valence electrons. The number of aliphatic hydroxyl groups excluding tert-OH is 1. The molecule has 3 rings (SSSR count). The van der Waals surface area contributed by atoms with Gasteiger partial charge in [0.2, 0.25) is 10.0 Å². The van der Waals surface area contributed by atoms with Gasteiger partial charge in [-0.25, -0.2) is 12.7 Å². The highest BCUT2D eigenvalue weighted by Crippen LogP contribution is 2.29. The molecule has 0 aliphatic heterocycles. The molecule has 1 aliphatic carbocycles. The maximum atomic E-state index is 12.1. The third-order valence-electron chi connectivity index (χ3n) is 4.85. The predicted molar refractivity (Wildman–Crippen MR) is 96.8 cm³/mol. The van der Waals surface area contributed by atoms with Gasteiger partial charge in [0, 0.05) is 25.9 Å². The Labute approximate surface area is 149 Å². The summed E-state index contributed by atoms with van der Waals surface area (Å²) in [6, 6.07) is 6.35. The summed E-state index contributed by atoms with van der Waals surface area (Å²) in [5, 5.41) is 13.7. The smallest absolute Gasteiger partial charge is 0.213 e. The van der Waals surface area contributed by atoms with E-state index in [-0.39, 0.29) is 18.3 Å². The van der Waals surface area contributed by atoms with Gasteiger partial charge < -0.3 is 5.11 Å². The van der Waals surface area contributed by atoms with E-state index in [4.69, 9.17) is 0 Å². The van der Waals surface area contributed by atoms with Gasteiger partial charge >= 0.3 is 0 Å². The topological polar surface area (TPSA) is 75.4 Å². The molecule has 0 unspecified atom stereocenters. The van der Waals surface area contributed by atoms with Crippen molar-refractivity contribution in [3.05, 3.63) is 52.3 Å². The van der Waals surface area contributed by atoms with Gasteiger partial charge in [-0.15, -0.1) is 0 Å². The fourth-order valence-electron chi connectivity index (χ4n) is 3.41. The first-order valence-electron chi connectivity index (χ1n) is 8.43. The molecule has 1 aliphatic rings. The van der Waals surface area contributed by atoms with Gasteiger partial charge in [0.1, 0.15) is 0 Å². The highest BCUT2D eigenvalue weighted by molar-refractivity contribution is 7.89. The standard InChI is InChI=1S/C18H25N3O3S/c1-13-18(11-22)10-21(19-13)9-14-4-5-16-7-15(8-17(16)6-14)12-25(23,24)20(2)3/h4-6,10,15,22H,7-9,11-12H2,1-3H3/t15-/m1/s1. The molecule has 0 amide bonds. The van der Waals surface area contributed by atoms with Crippen molar-refractivity contribution in [3.8, 4) is 0 Å². The number of sulfonamides is 1. The molecule has 1 aromatic carbocycles. The highest BCUT2D eigenvalue weighted by atomic mass is 32.2. The number of hydrogen-bond donors (Lipinski definition) is 1. The first-order valence-corrected chi connectivity index (χ1v) is 10.0. The van der Waals surface area contributed by atoms with Crippen molar-refractivity contribution in [1.82, 2.24) is 14.1 Å². The molecule has 0 saturated carbocycles. The molecule has 25 heavy (non-hydrogen) atoms. The Morgan fingerprint density at radius 1 is 1.28 bits per heavy atom. The van der Waals surface area contributed by atoms with E-state index in [2.05, 4.69) is 23.3 Å². The lowest BCUT2D eigenvalue weighted by Gasteiger charge is -2.14. The number of aryl methyl sites for hydroxylation is 1. The number of aliphatic hydroxyl groups is 1. The van der Waals surface area contributed by atoms with Crippen molar-refractivity contribution in [2.24, 2.45) is 5.92 Å². The highest BCUT2D eigenvalue weighted by Gasteiger charge is 2.27. The molecule has 6 nitrogen and oxygen atoms in total. The van der Waals surface area contributed by atoms with E-state index in [1.165, 1.54) is 15.4 Å². The fraction of sp³-hybridized carbons (Fsp3) is 0.500. The van der Waals surface area contributed by atoms with Crippen LogP contribution in [0.5, 0.6) is 0 Å². The maximum Gasteiger partial charge on any atom is 0.213 e. The summed E-state index contributed by atoms with van der Waals surface area (Å²) in [4.78, 5) is 0. The quantitative estimate of drug-likeness (QED) is 0.840. The summed E-state index contributed by atoms with van der Waals surface area (Å²) >= 11 is 0. The minimum absolute atomic E-state index is 0.00193. The van der Waals surface area contributed by atoms with E-state index in [1.54, 1.807) is 14.1 Å². The largest absolute Gasteiger partial charge is 0.392 e. The van der Waals surface area contributed by atoms with Crippen molar-refractivity contribution < 1.29 is 13.5 Å². The molecule has 0 fully saturated rings. The molecule has 0 saturated heterocycles. The maximum absolute atomic E-state index is 12.1. The van der Waals surface area contributed by atoms with Crippen LogP contribution in [0, 0.1) is 12.8 Å². The van der Waals surface area contributed by atoms with Crippen LogP contribution in [0.15, 0.2) is 24.4 Å². The number of aromatic nitrogens is 2. The van der Waals surface area contributed by atoms with E-state index >= 15 is 0 Å². The van der Waals surface area contributed by atoms with E-state index in [0.717, 1.165) is 29.7 Å². The second-order valence-corrected chi connectivity index (χ2v) is 9.26. The number of fused-ring (bicyclic) bond motifs is 1. The van der Waals surface area contributed by atoms with Gasteiger partial charge in [0.25, 0.3) is 0 Å². The minimum atomic E-state index is -3.17. The summed E-state index contributed by atoms with van der Waals surface area (Å²) < 4.78 is 27.3. The van der Waals surface area contributed by atoms with Crippen molar-refractivity contribution in [2.45, 2.75) is 32.9 Å². The monoisotopic (exact) mass is 363 g/mol. The predicted octanol–water partition coefficient (Wildman–Crippen LogP) is 1.34. The summed E-state index contributed by atoms with van der Waals surface area (Å²) in [5.41, 5.74) is 5.31. The Hall–Kier alpha value is -1.70. The molecule has 1 atom stereocenters. The van der Waals surface area contributed by atoms with Gasteiger partial charge in [-0.2, -0.15) is 5.10 Å². The van der Waals surface area contributed by atoms with Gasteiger partial charge in [-0.1, -0.05) is 18.2 Å². The average Bonchev–Trinajstić information content (AvgIpc) is 3.08. The molecule has 1 heterocycles. The van der Waals surface area contributed by atoms with E-state index in [0.29, 0.717) is 6.54 Å². The van der Waals surface area contributed by atoms with E-state index < -0.39 is 10.0 Å². The van der Waals surface area contributed by atoms with Crippen LogP contribution < -0.4 is 0 Å². The van der Waals surface area contributed by atoms with Crippen LogP contribution in [0.4, 0.5) is 0 Å². The molecule has 1 aromatic heterocycles. The Morgan fingerprint density at radius 3 is 2.64 bits per heavy atom. The van der Waals surface area contributed by atoms with E-state index in [1.807, 2.05) is 17.8 Å². The first-order chi connectivity index (χ1) is 11.8. The molecule has 0 bridgehead atoms. The third-order valence-corrected chi connectivity index (χ3v) is 6.86. The minimum Gasteiger partial charge on any atom is -0.392 e. The van der Waals surface area contributed by atoms with Crippen molar-refractivity contribution in [2.75, 3.05) is 19.8 Å². The van der Waals surface area contributed by atoms with Crippen LogP contribution in [0.3, 0.4) is 0 Å². The number of rotatable bonds is 6. The average molecular weight is 363 g/mol. The van der Waals surface area contributed by atoms with Crippen LogP contribution >= 0.6 is 0 Å². The first kappa shape index (κ1) is 18.1. The van der Waals surface area contributed by atoms with Crippen molar-refractivity contribution >= 4 is 10.0 Å². The van der Waals surface area contributed by atoms with Crippen LogP contribution in [-0.4, -0.2) is 47.5 Å².